The van der Waals surface area contributed by atoms with Gasteiger partial charge in [0.05, 0.1) is 0 Å². The van der Waals surface area contributed by atoms with Gasteiger partial charge in [-0.05, 0) is 24.3 Å². The maximum atomic E-state index is 10.0. The zero-order chi connectivity index (χ0) is 9.68. The molecule has 5 nitrogen and oxygen atoms in total. The van der Waals surface area contributed by atoms with Gasteiger partial charge in [0, 0.05) is 0 Å². The van der Waals surface area contributed by atoms with E-state index in [1.165, 1.54) is 12.1 Å². The van der Waals surface area contributed by atoms with Crippen molar-refractivity contribution in [2.24, 2.45) is 0 Å². The molecule has 0 bridgehead atoms. The van der Waals surface area contributed by atoms with Gasteiger partial charge in [0.25, 0.3) is 0 Å². The molecule has 1 rings (SSSR count). The summed E-state index contributed by atoms with van der Waals surface area (Å²) in [5.41, 5.74) is 0. The van der Waals surface area contributed by atoms with Crippen LogP contribution in [0.15, 0.2) is 24.3 Å². The number of amides is 1. The van der Waals surface area contributed by atoms with Crippen LogP contribution in [-0.4, -0.2) is 23.0 Å². The first kappa shape index (κ1) is 9.18. The Morgan fingerprint density at radius 2 is 2.00 bits per heavy atom. The number of hydrogen-bond donors (Lipinski definition) is 3. The largest absolute Gasteiger partial charge is 0.508 e. The number of nitrogens with one attached hydrogen (secondary N) is 1. The molecular formula is C8H9NO4. The number of benzene rings is 1. The Balaban J connectivity index is 2.37. The summed E-state index contributed by atoms with van der Waals surface area (Å²) >= 11 is 0. The maximum absolute atomic E-state index is 10.0. The molecule has 0 fully saturated rings. The molecule has 5 heteroatoms. The third-order valence-corrected chi connectivity index (χ3v) is 1.30. The summed E-state index contributed by atoms with van der Waals surface area (Å²) in [5.74, 6) is 0.630. The quantitative estimate of drug-likeness (QED) is 0.610. The van der Waals surface area contributed by atoms with Gasteiger partial charge >= 0.3 is 6.09 Å². The van der Waals surface area contributed by atoms with Crippen molar-refractivity contribution in [3.05, 3.63) is 24.3 Å². The van der Waals surface area contributed by atoms with Crippen LogP contribution in [0.4, 0.5) is 4.79 Å². The van der Waals surface area contributed by atoms with Crippen molar-refractivity contribution in [1.29, 1.82) is 0 Å². The number of carbonyl (C=O) groups is 1. The van der Waals surface area contributed by atoms with Crippen LogP contribution in [0, 0.1) is 0 Å². The Labute approximate surface area is 74.6 Å². The fraction of sp³-hybridized carbons (Fsp3) is 0.125. The first-order valence-corrected chi connectivity index (χ1v) is 3.57. The lowest BCUT2D eigenvalue weighted by molar-refractivity contribution is 0.180. The summed E-state index contributed by atoms with van der Waals surface area (Å²) in [4.78, 5) is 10.0. The Kier molecular flexibility index (Phi) is 2.97. The normalized spacial score (nSPS) is 9.23. The Morgan fingerprint density at radius 1 is 1.38 bits per heavy atom. The summed E-state index contributed by atoms with van der Waals surface area (Å²) in [6.45, 7) is -0.111. The molecule has 3 N–H and O–H groups in total. The molecule has 0 heterocycles. The third kappa shape index (κ3) is 3.33. The molecule has 13 heavy (non-hydrogen) atoms. The second kappa shape index (κ2) is 4.20. The smallest absolute Gasteiger partial charge is 0.407 e. The second-order valence-electron chi connectivity index (χ2n) is 2.26. The van der Waals surface area contributed by atoms with Crippen LogP contribution in [-0.2, 0) is 0 Å². The van der Waals surface area contributed by atoms with E-state index in [9.17, 15) is 4.79 Å². The Bertz CT molecular complexity index is 283. The average molecular weight is 183 g/mol. The summed E-state index contributed by atoms with van der Waals surface area (Å²) in [5, 5.41) is 19.2. The summed E-state index contributed by atoms with van der Waals surface area (Å²) < 4.78 is 4.97. The van der Waals surface area contributed by atoms with Gasteiger partial charge in [-0.2, -0.15) is 0 Å². The first-order valence-electron chi connectivity index (χ1n) is 3.57. The van der Waals surface area contributed by atoms with Crippen molar-refractivity contribution in [2.75, 3.05) is 6.73 Å². The molecule has 0 saturated heterocycles. The molecule has 1 aromatic carbocycles. The van der Waals surface area contributed by atoms with E-state index in [0.29, 0.717) is 5.75 Å². The van der Waals surface area contributed by atoms with Gasteiger partial charge in [-0.1, -0.05) is 0 Å². The van der Waals surface area contributed by atoms with Crippen LogP contribution in [0.3, 0.4) is 0 Å². The molecular weight excluding hydrogens is 174 g/mol. The van der Waals surface area contributed by atoms with Gasteiger partial charge in [0.2, 0.25) is 0 Å². The van der Waals surface area contributed by atoms with Gasteiger partial charge in [-0.3, -0.25) is 5.32 Å². The molecule has 1 amide bonds. The van der Waals surface area contributed by atoms with E-state index in [2.05, 4.69) is 0 Å². The minimum absolute atomic E-state index is 0.111. The second-order valence-corrected chi connectivity index (χ2v) is 2.26. The highest BCUT2D eigenvalue weighted by Gasteiger charge is 1.95. The highest BCUT2D eigenvalue weighted by atomic mass is 16.5. The van der Waals surface area contributed by atoms with E-state index >= 15 is 0 Å². The van der Waals surface area contributed by atoms with Crippen molar-refractivity contribution in [3.63, 3.8) is 0 Å². The minimum Gasteiger partial charge on any atom is -0.508 e. The number of hydrogen-bond acceptors (Lipinski definition) is 3. The van der Waals surface area contributed by atoms with E-state index in [1.807, 2.05) is 5.32 Å². The number of ether oxygens (including phenoxy) is 1. The highest BCUT2D eigenvalue weighted by molar-refractivity contribution is 5.64. The van der Waals surface area contributed by atoms with E-state index in [4.69, 9.17) is 14.9 Å². The average Bonchev–Trinajstić information content (AvgIpc) is 2.08. The number of rotatable bonds is 3. The Hall–Kier alpha value is -1.91. The maximum Gasteiger partial charge on any atom is 0.407 e. The Morgan fingerprint density at radius 3 is 2.54 bits per heavy atom. The monoisotopic (exact) mass is 183 g/mol. The molecule has 0 unspecified atom stereocenters. The van der Waals surface area contributed by atoms with E-state index in [0.717, 1.165) is 0 Å². The van der Waals surface area contributed by atoms with Crippen LogP contribution in [0.25, 0.3) is 0 Å². The van der Waals surface area contributed by atoms with E-state index in [1.54, 1.807) is 12.1 Å². The van der Waals surface area contributed by atoms with E-state index < -0.39 is 6.09 Å². The minimum atomic E-state index is -1.14. The lowest BCUT2D eigenvalue weighted by atomic mass is 10.3. The summed E-state index contributed by atoms with van der Waals surface area (Å²) in [6.07, 6.45) is -1.14. The van der Waals surface area contributed by atoms with Crippen molar-refractivity contribution in [3.8, 4) is 11.5 Å². The highest BCUT2D eigenvalue weighted by Crippen LogP contribution is 2.15. The number of aromatic hydroxyl groups is 1. The lowest BCUT2D eigenvalue weighted by Crippen LogP contribution is -2.25. The van der Waals surface area contributed by atoms with Crippen LogP contribution < -0.4 is 10.1 Å². The molecule has 0 aliphatic heterocycles. The van der Waals surface area contributed by atoms with Crippen LogP contribution >= 0.6 is 0 Å². The van der Waals surface area contributed by atoms with Crippen molar-refractivity contribution in [2.45, 2.75) is 0 Å². The summed E-state index contributed by atoms with van der Waals surface area (Å²) in [7, 11) is 0. The van der Waals surface area contributed by atoms with Crippen LogP contribution in [0.1, 0.15) is 0 Å². The predicted molar refractivity (Wildman–Crippen MR) is 44.8 cm³/mol. The van der Waals surface area contributed by atoms with Crippen molar-refractivity contribution in [1.82, 2.24) is 5.32 Å². The SMILES string of the molecule is O=C(O)NCOc1ccc(O)cc1. The molecule has 0 spiro atoms. The van der Waals surface area contributed by atoms with Gasteiger partial charge in [0.15, 0.2) is 6.73 Å². The molecule has 0 aromatic heterocycles. The molecule has 0 radical (unpaired) electrons. The number of phenols is 1. The standard InChI is InChI=1S/C8H9NO4/c10-6-1-3-7(4-2-6)13-5-9-8(11)12/h1-4,9-10H,5H2,(H,11,12). The fourth-order valence-electron chi connectivity index (χ4n) is 0.724. The molecule has 0 saturated carbocycles. The van der Waals surface area contributed by atoms with Gasteiger partial charge in [-0.15, -0.1) is 0 Å². The molecule has 70 valence electrons. The van der Waals surface area contributed by atoms with Crippen molar-refractivity contribution >= 4 is 6.09 Å². The van der Waals surface area contributed by atoms with E-state index in [-0.39, 0.29) is 12.5 Å². The molecule has 0 atom stereocenters. The first-order chi connectivity index (χ1) is 6.18. The number of phenolic OH excluding ortho intramolecular Hbond substituents is 1. The van der Waals surface area contributed by atoms with Crippen LogP contribution in [0.2, 0.25) is 0 Å². The summed E-state index contributed by atoms with van der Waals surface area (Å²) in [6, 6.07) is 5.99. The topological polar surface area (TPSA) is 78.8 Å². The zero-order valence-electron chi connectivity index (χ0n) is 6.73. The fourth-order valence-corrected chi connectivity index (χ4v) is 0.724. The third-order valence-electron chi connectivity index (χ3n) is 1.30. The molecule has 1 aromatic rings. The predicted octanol–water partition coefficient (Wildman–Crippen LogP) is 0.996. The molecule has 0 aliphatic rings. The zero-order valence-corrected chi connectivity index (χ0v) is 6.73. The lowest BCUT2D eigenvalue weighted by Gasteiger charge is -2.04. The van der Waals surface area contributed by atoms with Gasteiger partial charge in [-0.25, -0.2) is 4.79 Å². The van der Waals surface area contributed by atoms with Crippen molar-refractivity contribution < 1.29 is 19.7 Å². The van der Waals surface area contributed by atoms with Gasteiger partial charge < -0.3 is 14.9 Å². The number of carboxylic acid groups (broad SMARTS) is 1. The molecule has 0 aliphatic carbocycles. The van der Waals surface area contributed by atoms with Gasteiger partial charge in [0.1, 0.15) is 11.5 Å². The van der Waals surface area contributed by atoms with Crippen LogP contribution in [0.5, 0.6) is 11.5 Å².